The van der Waals surface area contributed by atoms with E-state index in [4.69, 9.17) is 0 Å². The molecule has 0 aromatic carbocycles. The van der Waals surface area contributed by atoms with Crippen molar-refractivity contribution in [2.45, 2.75) is 79.4 Å². The highest BCUT2D eigenvalue weighted by Gasteiger charge is 2.14. The van der Waals surface area contributed by atoms with Crippen LogP contribution < -0.4 is 10.6 Å². The minimum Gasteiger partial charge on any atom is -0.356 e. The third-order valence-electron chi connectivity index (χ3n) is 4.90. The molecule has 2 N–H and O–H groups in total. The van der Waals surface area contributed by atoms with Crippen molar-refractivity contribution in [2.75, 3.05) is 20.1 Å². The van der Waals surface area contributed by atoms with E-state index in [1.165, 1.54) is 17.0 Å². The molecule has 0 atom stereocenters. The molecule has 158 valence electrons. The Hall–Kier alpha value is -0.830. The minimum atomic E-state index is 0. The lowest BCUT2D eigenvalue weighted by atomic mass is 10.1. The van der Waals surface area contributed by atoms with Crippen LogP contribution in [-0.2, 0) is 26.4 Å². The lowest BCUT2D eigenvalue weighted by Crippen LogP contribution is -2.41. The monoisotopic (exact) mass is 492 g/mol. The quantitative estimate of drug-likeness (QED) is 0.228. The molecular formula is C20H41IN6. The summed E-state index contributed by atoms with van der Waals surface area (Å²) in [7, 11) is 3.86. The summed E-state index contributed by atoms with van der Waals surface area (Å²) in [6, 6.07) is 1.16. The molecule has 0 spiro atoms. The first kappa shape index (κ1) is 26.2. The zero-order valence-electron chi connectivity index (χ0n) is 18.6. The van der Waals surface area contributed by atoms with E-state index in [-0.39, 0.29) is 24.0 Å². The predicted octanol–water partition coefficient (Wildman–Crippen LogP) is 3.34. The molecule has 7 heteroatoms. The average molecular weight is 492 g/mol. The number of nitrogens with one attached hydrogen (secondary N) is 2. The Morgan fingerprint density at radius 1 is 1.11 bits per heavy atom. The predicted molar refractivity (Wildman–Crippen MR) is 127 cm³/mol. The fourth-order valence-corrected chi connectivity index (χ4v) is 3.57. The number of hydrogen-bond acceptors (Lipinski definition) is 3. The highest BCUT2D eigenvalue weighted by molar-refractivity contribution is 14.0. The van der Waals surface area contributed by atoms with E-state index in [2.05, 4.69) is 67.2 Å². The average Bonchev–Trinajstić information content (AvgIpc) is 2.91. The van der Waals surface area contributed by atoms with E-state index >= 15 is 0 Å². The van der Waals surface area contributed by atoms with Crippen molar-refractivity contribution in [3.05, 3.63) is 17.0 Å². The van der Waals surface area contributed by atoms with Crippen LogP contribution in [0.5, 0.6) is 0 Å². The lowest BCUT2D eigenvalue weighted by Gasteiger charge is -2.30. The Kier molecular flexibility index (Phi) is 13.0. The molecule has 0 amide bonds. The van der Waals surface area contributed by atoms with E-state index in [9.17, 15) is 0 Å². The number of guanidine groups is 1. The van der Waals surface area contributed by atoms with Gasteiger partial charge in [0.2, 0.25) is 0 Å². The minimum absolute atomic E-state index is 0. The van der Waals surface area contributed by atoms with Crippen molar-refractivity contribution in [1.29, 1.82) is 0 Å². The Labute approximate surface area is 183 Å². The van der Waals surface area contributed by atoms with Crippen LogP contribution in [0.2, 0.25) is 0 Å². The van der Waals surface area contributed by atoms with Crippen molar-refractivity contribution in [2.24, 2.45) is 12.0 Å². The number of hydrogen-bond donors (Lipinski definition) is 2. The summed E-state index contributed by atoms with van der Waals surface area (Å²) in [6.07, 6.45) is 3.05. The van der Waals surface area contributed by atoms with Crippen molar-refractivity contribution >= 4 is 29.9 Å². The van der Waals surface area contributed by atoms with Crippen LogP contribution in [0.3, 0.4) is 0 Å². The zero-order chi connectivity index (χ0) is 19.7. The van der Waals surface area contributed by atoms with Crippen LogP contribution in [0, 0.1) is 0 Å². The smallest absolute Gasteiger partial charge is 0.191 e. The normalized spacial score (nSPS) is 12.0. The van der Waals surface area contributed by atoms with Gasteiger partial charge in [-0.3, -0.25) is 14.6 Å². The van der Waals surface area contributed by atoms with E-state index in [0.717, 1.165) is 44.9 Å². The van der Waals surface area contributed by atoms with Gasteiger partial charge in [-0.2, -0.15) is 5.10 Å². The molecule has 1 aromatic heterocycles. The van der Waals surface area contributed by atoms with Crippen molar-refractivity contribution in [1.82, 2.24) is 25.3 Å². The second-order valence-corrected chi connectivity index (χ2v) is 7.33. The molecule has 6 nitrogen and oxygen atoms in total. The summed E-state index contributed by atoms with van der Waals surface area (Å²) < 4.78 is 2.01. The number of nitrogens with zero attached hydrogens (tertiary/aromatic N) is 4. The van der Waals surface area contributed by atoms with E-state index in [0.29, 0.717) is 12.1 Å². The first-order valence-corrected chi connectivity index (χ1v) is 10.1. The lowest BCUT2D eigenvalue weighted by molar-refractivity contribution is 0.173. The van der Waals surface area contributed by atoms with Gasteiger partial charge >= 0.3 is 0 Å². The van der Waals surface area contributed by atoms with Gasteiger partial charge in [0.25, 0.3) is 0 Å². The number of aryl methyl sites for hydroxylation is 2. The van der Waals surface area contributed by atoms with Crippen molar-refractivity contribution < 1.29 is 0 Å². The zero-order valence-corrected chi connectivity index (χ0v) is 20.9. The van der Waals surface area contributed by atoms with Crippen LogP contribution in [0.15, 0.2) is 4.99 Å². The number of aromatic nitrogens is 2. The number of aliphatic imine (C=N–C) groups is 1. The maximum Gasteiger partial charge on any atom is 0.191 e. The standard InChI is InChI=1S/C20H40N6.HI/c1-9-18-17(19(10-2)25(8)24-18)14-23-20(21-7)22-12-11-13-26(15(3)4)16(5)6;/h15-16H,9-14H2,1-8H3,(H2,21,22,23);1H. The van der Waals surface area contributed by atoms with Gasteiger partial charge < -0.3 is 10.6 Å². The maximum atomic E-state index is 4.64. The van der Waals surface area contributed by atoms with Crippen LogP contribution >= 0.6 is 24.0 Å². The van der Waals surface area contributed by atoms with E-state index in [1.807, 2.05) is 18.8 Å². The first-order chi connectivity index (χ1) is 12.3. The van der Waals surface area contributed by atoms with Gasteiger partial charge in [0.15, 0.2) is 5.96 Å². The third-order valence-corrected chi connectivity index (χ3v) is 4.90. The second kappa shape index (κ2) is 13.4. The fraction of sp³-hybridized carbons (Fsp3) is 0.800. The summed E-state index contributed by atoms with van der Waals surface area (Å²) in [5.74, 6) is 0.860. The van der Waals surface area contributed by atoms with Gasteiger partial charge in [0.05, 0.1) is 5.69 Å². The van der Waals surface area contributed by atoms with Crippen molar-refractivity contribution in [3.8, 4) is 0 Å². The Morgan fingerprint density at radius 2 is 1.74 bits per heavy atom. The molecule has 0 saturated carbocycles. The van der Waals surface area contributed by atoms with Crippen LogP contribution in [0.4, 0.5) is 0 Å². The molecular weight excluding hydrogens is 451 g/mol. The largest absolute Gasteiger partial charge is 0.356 e. The molecule has 0 bridgehead atoms. The Morgan fingerprint density at radius 3 is 2.22 bits per heavy atom. The highest BCUT2D eigenvalue weighted by Crippen LogP contribution is 2.15. The molecule has 0 radical (unpaired) electrons. The Bertz CT molecular complexity index is 557. The molecule has 0 aliphatic rings. The van der Waals surface area contributed by atoms with Gasteiger partial charge in [-0.05, 0) is 47.0 Å². The first-order valence-electron chi connectivity index (χ1n) is 10.1. The van der Waals surface area contributed by atoms with Crippen LogP contribution in [0.1, 0.15) is 64.9 Å². The van der Waals surface area contributed by atoms with Gasteiger partial charge in [-0.25, -0.2) is 0 Å². The number of halogens is 1. The van der Waals surface area contributed by atoms with Gasteiger partial charge in [-0.1, -0.05) is 13.8 Å². The van der Waals surface area contributed by atoms with Crippen LogP contribution in [0.25, 0.3) is 0 Å². The molecule has 0 aliphatic heterocycles. The summed E-state index contributed by atoms with van der Waals surface area (Å²) in [5, 5.41) is 11.5. The molecule has 0 aliphatic carbocycles. The van der Waals surface area contributed by atoms with E-state index < -0.39 is 0 Å². The SMILES string of the molecule is CCc1nn(C)c(CC)c1CNC(=NC)NCCCN(C(C)C)C(C)C.I. The molecule has 27 heavy (non-hydrogen) atoms. The molecule has 0 fully saturated rings. The number of rotatable bonds is 10. The highest BCUT2D eigenvalue weighted by atomic mass is 127. The molecule has 0 saturated heterocycles. The van der Waals surface area contributed by atoms with E-state index in [1.54, 1.807) is 0 Å². The summed E-state index contributed by atoms with van der Waals surface area (Å²) >= 11 is 0. The molecule has 1 rings (SSSR count). The third kappa shape index (κ3) is 7.97. The van der Waals surface area contributed by atoms with Gasteiger partial charge in [0.1, 0.15) is 0 Å². The van der Waals surface area contributed by atoms with Crippen LogP contribution in [-0.4, -0.2) is 52.9 Å². The van der Waals surface area contributed by atoms with Gasteiger partial charge in [-0.15, -0.1) is 24.0 Å². The fourth-order valence-electron chi connectivity index (χ4n) is 3.57. The topological polar surface area (TPSA) is 57.5 Å². The maximum absolute atomic E-state index is 4.64. The summed E-state index contributed by atoms with van der Waals surface area (Å²) in [4.78, 5) is 6.88. The molecule has 1 heterocycles. The second-order valence-electron chi connectivity index (χ2n) is 7.33. The van der Waals surface area contributed by atoms with Crippen molar-refractivity contribution in [3.63, 3.8) is 0 Å². The molecule has 0 unspecified atom stereocenters. The molecule has 1 aromatic rings. The Balaban J connectivity index is 0.00000676. The summed E-state index contributed by atoms with van der Waals surface area (Å²) in [5.41, 5.74) is 3.79. The summed E-state index contributed by atoms with van der Waals surface area (Å²) in [6.45, 7) is 16.2. The van der Waals surface area contributed by atoms with Gasteiger partial charge in [0, 0.05) is 57.1 Å².